The van der Waals surface area contributed by atoms with Gasteiger partial charge in [0.2, 0.25) is 0 Å². The molecule has 0 aromatic carbocycles. The van der Waals surface area contributed by atoms with Crippen LogP contribution < -0.4 is 5.32 Å². The van der Waals surface area contributed by atoms with Gasteiger partial charge < -0.3 is 5.32 Å². The number of hydrogen-bond acceptors (Lipinski definition) is 2. The Morgan fingerprint density at radius 1 is 1.40 bits per heavy atom. The predicted molar refractivity (Wildman–Crippen MR) is 70.1 cm³/mol. The van der Waals surface area contributed by atoms with Gasteiger partial charge in [-0.2, -0.15) is 0 Å². The lowest BCUT2D eigenvalue weighted by atomic mass is 9.94. The third-order valence-electron chi connectivity index (χ3n) is 2.79. The van der Waals surface area contributed by atoms with Crippen molar-refractivity contribution in [3.05, 3.63) is 21.3 Å². The molecule has 0 amide bonds. The standard InChI is InChI=1S/C12H20ClNS/c1-4-7-14-8-9(2)10(3)11-5-6-12(13)15-11/h5-6,9-10,14H,4,7-8H2,1-3H3. The van der Waals surface area contributed by atoms with Gasteiger partial charge in [0.1, 0.15) is 0 Å². The topological polar surface area (TPSA) is 12.0 Å². The highest BCUT2D eigenvalue weighted by molar-refractivity contribution is 7.16. The summed E-state index contributed by atoms with van der Waals surface area (Å²) in [6.07, 6.45) is 1.20. The Bertz CT molecular complexity index is 285. The molecule has 86 valence electrons. The van der Waals surface area contributed by atoms with Crippen molar-refractivity contribution >= 4 is 22.9 Å². The Morgan fingerprint density at radius 2 is 2.13 bits per heavy atom. The van der Waals surface area contributed by atoms with Crippen molar-refractivity contribution in [2.24, 2.45) is 5.92 Å². The van der Waals surface area contributed by atoms with E-state index in [1.54, 1.807) is 11.3 Å². The Morgan fingerprint density at radius 3 is 2.67 bits per heavy atom. The molecule has 1 rings (SSSR count). The van der Waals surface area contributed by atoms with Crippen molar-refractivity contribution in [1.82, 2.24) is 5.32 Å². The fourth-order valence-electron chi connectivity index (χ4n) is 1.54. The number of halogens is 1. The van der Waals surface area contributed by atoms with E-state index in [1.807, 2.05) is 6.07 Å². The number of thiophene rings is 1. The molecule has 3 heteroatoms. The van der Waals surface area contributed by atoms with E-state index < -0.39 is 0 Å². The molecular weight excluding hydrogens is 226 g/mol. The molecule has 0 aliphatic rings. The maximum Gasteiger partial charge on any atom is 0.0931 e. The monoisotopic (exact) mass is 245 g/mol. The summed E-state index contributed by atoms with van der Waals surface area (Å²) in [6, 6.07) is 4.14. The highest BCUT2D eigenvalue weighted by Crippen LogP contribution is 2.32. The summed E-state index contributed by atoms with van der Waals surface area (Å²) >= 11 is 7.64. The Balaban J connectivity index is 2.42. The highest BCUT2D eigenvalue weighted by atomic mass is 35.5. The van der Waals surface area contributed by atoms with Crippen molar-refractivity contribution in [2.45, 2.75) is 33.1 Å². The fraction of sp³-hybridized carbons (Fsp3) is 0.667. The minimum absolute atomic E-state index is 0.590. The molecule has 1 aromatic heterocycles. The zero-order valence-corrected chi connectivity index (χ0v) is 11.3. The Labute approximate surface area is 102 Å². The second kappa shape index (κ2) is 6.51. The van der Waals surface area contributed by atoms with Gasteiger partial charge in [0.05, 0.1) is 4.34 Å². The first kappa shape index (κ1) is 13.0. The summed E-state index contributed by atoms with van der Waals surface area (Å²) in [7, 11) is 0. The molecule has 15 heavy (non-hydrogen) atoms. The average molecular weight is 246 g/mol. The molecule has 0 saturated heterocycles. The maximum absolute atomic E-state index is 5.94. The van der Waals surface area contributed by atoms with E-state index in [0.717, 1.165) is 17.4 Å². The summed E-state index contributed by atoms with van der Waals surface area (Å²) in [4.78, 5) is 1.39. The van der Waals surface area contributed by atoms with Crippen LogP contribution >= 0.6 is 22.9 Å². The first-order valence-corrected chi connectivity index (χ1v) is 6.80. The largest absolute Gasteiger partial charge is 0.316 e. The van der Waals surface area contributed by atoms with Gasteiger partial charge in [-0.25, -0.2) is 0 Å². The van der Waals surface area contributed by atoms with E-state index in [0.29, 0.717) is 11.8 Å². The minimum atomic E-state index is 0.590. The van der Waals surface area contributed by atoms with Crippen LogP contribution in [-0.4, -0.2) is 13.1 Å². The molecule has 0 aliphatic carbocycles. The Kier molecular flexibility index (Phi) is 5.65. The van der Waals surface area contributed by atoms with Gasteiger partial charge in [-0.15, -0.1) is 11.3 Å². The van der Waals surface area contributed by atoms with Crippen LogP contribution in [0.4, 0.5) is 0 Å². The minimum Gasteiger partial charge on any atom is -0.316 e. The molecule has 1 N–H and O–H groups in total. The first-order valence-electron chi connectivity index (χ1n) is 5.61. The van der Waals surface area contributed by atoms with E-state index >= 15 is 0 Å². The number of rotatable bonds is 6. The van der Waals surface area contributed by atoms with Crippen LogP contribution in [-0.2, 0) is 0 Å². The van der Waals surface area contributed by atoms with Crippen LogP contribution in [0.25, 0.3) is 0 Å². The van der Waals surface area contributed by atoms with E-state index in [-0.39, 0.29) is 0 Å². The summed E-state index contributed by atoms with van der Waals surface area (Å²) in [5.41, 5.74) is 0. The molecule has 0 radical (unpaired) electrons. The van der Waals surface area contributed by atoms with Crippen molar-refractivity contribution in [1.29, 1.82) is 0 Å². The van der Waals surface area contributed by atoms with Crippen molar-refractivity contribution in [3.8, 4) is 0 Å². The molecule has 1 heterocycles. The van der Waals surface area contributed by atoms with Crippen LogP contribution in [0.1, 0.15) is 38.0 Å². The first-order chi connectivity index (χ1) is 7.15. The van der Waals surface area contributed by atoms with E-state index in [1.165, 1.54) is 11.3 Å². The quantitative estimate of drug-likeness (QED) is 0.743. The summed E-state index contributed by atoms with van der Waals surface area (Å²) in [5.74, 6) is 1.25. The normalized spacial score (nSPS) is 15.2. The molecule has 0 saturated carbocycles. The SMILES string of the molecule is CCCNCC(C)C(C)c1ccc(Cl)s1. The summed E-state index contributed by atoms with van der Waals surface area (Å²) in [5, 5.41) is 3.46. The highest BCUT2D eigenvalue weighted by Gasteiger charge is 2.15. The summed E-state index contributed by atoms with van der Waals surface area (Å²) in [6.45, 7) is 8.97. The van der Waals surface area contributed by atoms with Gasteiger partial charge in [-0.05, 0) is 43.5 Å². The molecule has 0 spiro atoms. The van der Waals surface area contributed by atoms with E-state index in [4.69, 9.17) is 11.6 Å². The van der Waals surface area contributed by atoms with Gasteiger partial charge in [-0.3, -0.25) is 0 Å². The van der Waals surface area contributed by atoms with Gasteiger partial charge >= 0.3 is 0 Å². The number of hydrogen-bond donors (Lipinski definition) is 1. The Hall–Kier alpha value is -0.0500. The van der Waals surface area contributed by atoms with E-state index in [9.17, 15) is 0 Å². The zero-order valence-electron chi connectivity index (χ0n) is 9.72. The van der Waals surface area contributed by atoms with Gasteiger partial charge in [0.25, 0.3) is 0 Å². The lowest BCUT2D eigenvalue weighted by molar-refractivity contribution is 0.452. The molecular formula is C12H20ClNS. The van der Waals surface area contributed by atoms with Crippen molar-refractivity contribution in [3.63, 3.8) is 0 Å². The maximum atomic E-state index is 5.94. The van der Waals surface area contributed by atoms with Crippen LogP contribution in [0.3, 0.4) is 0 Å². The molecule has 2 atom stereocenters. The lowest BCUT2D eigenvalue weighted by Gasteiger charge is -2.19. The molecule has 1 nitrogen and oxygen atoms in total. The molecule has 0 bridgehead atoms. The smallest absolute Gasteiger partial charge is 0.0931 e. The van der Waals surface area contributed by atoms with E-state index in [2.05, 4.69) is 32.2 Å². The van der Waals surface area contributed by atoms with Crippen molar-refractivity contribution in [2.75, 3.05) is 13.1 Å². The fourth-order valence-corrected chi connectivity index (χ4v) is 2.78. The average Bonchev–Trinajstić information content (AvgIpc) is 2.64. The third kappa shape index (κ3) is 4.13. The van der Waals surface area contributed by atoms with Gasteiger partial charge in [-0.1, -0.05) is 32.4 Å². The molecule has 0 aliphatic heterocycles. The summed E-state index contributed by atoms with van der Waals surface area (Å²) < 4.78 is 0.894. The number of nitrogens with one attached hydrogen (secondary N) is 1. The molecule has 0 fully saturated rings. The lowest BCUT2D eigenvalue weighted by Crippen LogP contribution is -2.24. The van der Waals surface area contributed by atoms with Crippen LogP contribution in [0.2, 0.25) is 4.34 Å². The second-order valence-corrected chi connectivity index (χ2v) is 5.86. The second-order valence-electron chi connectivity index (χ2n) is 4.11. The molecule has 1 aromatic rings. The van der Waals surface area contributed by atoms with Crippen LogP contribution in [0.5, 0.6) is 0 Å². The molecule has 2 unspecified atom stereocenters. The van der Waals surface area contributed by atoms with Crippen molar-refractivity contribution < 1.29 is 0 Å². The predicted octanol–water partition coefficient (Wildman–Crippen LogP) is 4.14. The van der Waals surface area contributed by atoms with Crippen LogP contribution in [0, 0.1) is 5.92 Å². The van der Waals surface area contributed by atoms with Gasteiger partial charge in [0, 0.05) is 4.88 Å². The third-order valence-corrected chi connectivity index (χ3v) is 4.22. The van der Waals surface area contributed by atoms with Gasteiger partial charge in [0.15, 0.2) is 0 Å². The van der Waals surface area contributed by atoms with Crippen LogP contribution in [0.15, 0.2) is 12.1 Å². The zero-order chi connectivity index (χ0) is 11.3.